The Labute approximate surface area is 136 Å². The Bertz CT molecular complexity index is 564. The van der Waals surface area contributed by atoms with Gasteiger partial charge in [-0.25, -0.2) is 0 Å². The summed E-state index contributed by atoms with van der Waals surface area (Å²) in [6, 6.07) is 0. The van der Waals surface area contributed by atoms with Crippen molar-refractivity contribution in [2.45, 2.75) is 39.5 Å². The van der Waals surface area contributed by atoms with Crippen LogP contribution in [0, 0.1) is 19.3 Å². The van der Waals surface area contributed by atoms with E-state index in [0.717, 1.165) is 17.0 Å². The van der Waals surface area contributed by atoms with Crippen LogP contribution < -0.4 is 0 Å². The van der Waals surface area contributed by atoms with Crippen molar-refractivity contribution in [2.24, 2.45) is 5.41 Å². The number of carbonyl (C=O) groups excluding carboxylic acids is 1. The largest absolute Gasteiger partial charge is 0.481 e. The summed E-state index contributed by atoms with van der Waals surface area (Å²) in [5, 5.41) is 16.6. The maximum atomic E-state index is 12.6. The molecule has 0 bridgehead atoms. The summed E-state index contributed by atoms with van der Waals surface area (Å²) >= 11 is 0. The summed E-state index contributed by atoms with van der Waals surface area (Å²) in [5.41, 5.74) is 1.71. The molecule has 1 aromatic rings. The molecule has 7 heteroatoms. The van der Waals surface area contributed by atoms with Gasteiger partial charge in [-0.05, 0) is 33.1 Å². The van der Waals surface area contributed by atoms with Crippen LogP contribution in [0.1, 0.15) is 36.2 Å². The summed E-state index contributed by atoms with van der Waals surface area (Å²) in [7, 11) is 1.56. The molecule has 1 aromatic heterocycles. The second kappa shape index (κ2) is 7.12. The van der Waals surface area contributed by atoms with Gasteiger partial charge >= 0.3 is 5.97 Å². The second-order valence-corrected chi connectivity index (χ2v) is 6.34. The Kier molecular flexibility index (Phi) is 5.41. The lowest BCUT2D eigenvalue weighted by atomic mass is 9.77. The number of aliphatic carboxylic acids is 1. The first-order valence-electron chi connectivity index (χ1n) is 7.90. The van der Waals surface area contributed by atoms with Gasteiger partial charge in [-0.2, -0.15) is 5.10 Å². The van der Waals surface area contributed by atoms with Gasteiger partial charge in [-0.15, -0.1) is 0 Å². The molecule has 23 heavy (non-hydrogen) atoms. The highest BCUT2D eigenvalue weighted by molar-refractivity contribution is 5.81. The van der Waals surface area contributed by atoms with E-state index >= 15 is 0 Å². The number of aryl methyl sites for hydroxylation is 2. The lowest BCUT2D eigenvalue weighted by Gasteiger charge is -2.40. The SMILES string of the molecule is COCC[C@@]1(C(=O)O)CCCN(C(=O)Cc2c(C)n[nH]c2C)C1. The molecule has 1 saturated heterocycles. The van der Waals surface area contributed by atoms with Crippen molar-refractivity contribution < 1.29 is 19.4 Å². The van der Waals surface area contributed by atoms with Crippen molar-refractivity contribution in [1.29, 1.82) is 0 Å². The number of ether oxygens (including phenoxy) is 1. The molecule has 0 radical (unpaired) electrons. The van der Waals surface area contributed by atoms with Gasteiger partial charge in [-0.1, -0.05) is 0 Å². The number of nitrogens with zero attached hydrogens (tertiary/aromatic N) is 2. The zero-order chi connectivity index (χ0) is 17.0. The number of methoxy groups -OCH3 is 1. The Balaban J connectivity index is 2.10. The molecule has 1 amide bonds. The highest BCUT2D eigenvalue weighted by Gasteiger charge is 2.43. The number of aromatic nitrogens is 2. The molecule has 0 aromatic carbocycles. The molecular formula is C16H25N3O4. The Morgan fingerprint density at radius 3 is 2.74 bits per heavy atom. The molecule has 0 unspecified atom stereocenters. The van der Waals surface area contributed by atoms with Crippen LogP contribution in [0.3, 0.4) is 0 Å². The fraction of sp³-hybridized carbons (Fsp3) is 0.688. The van der Waals surface area contributed by atoms with Crippen molar-refractivity contribution >= 4 is 11.9 Å². The monoisotopic (exact) mass is 323 g/mol. The lowest BCUT2D eigenvalue weighted by molar-refractivity contribution is -0.156. The standard InChI is InChI=1S/C16H25N3O4/c1-11-13(12(2)18-17-11)9-14(20)19-7-4-5-16(10-19,15(21)22)6-8-23-3/h4-10H2,1-3H3,(H,17,18)(H,21,22)/t16-/m0/s1. The first-order valence-corrected chi connectivity index (χ1v) is 7.90. The van der Waals surface area contributed by atoms with Crippen LogP contribution in [0.2, 0.25) is 0 Å². The molecule has 0 saturated carbocycles. The second-order valence-electron chi connectivity index (χ2n) is 6.34. The molecule has 0 aliphatic carbocycles. The maximum Gasteiger partial charge on any atom is 0.311 e. The van der Waals surface area contributed by atoms with E-state index < -0.39 is 11.4 Å². The number of nitrogens with one attached hydrogen (secondary N) is 1. The predicted molar refractivity (Wildman–Crippen MR) is 84.1 cm³/mol. The molecular weight excluding hydrogens is 298 g/mol. The van der Waals surface area contributed by atoms with Gasteiger partial charge in [0.05, 0.1) is 17.5 Å². The first kappa shape index (κ1) is 17.5. The summed E-state index contributed by atoms with van der Waals surface area (Å²) in [5.74, 6) is -0.886. The minimum Gasteiger partial charge on any atom is -0.481 e. The number of piperidine rings is 1. The van der Waals surface area contributed by atoms with Crippen molar-refractivity contribution in [3.63, 3.8) is 0 Å². The van der Waals surface area contributed by atoms with E-state index in [0.29, 0.717) is 32.4 Å². The molecule has 2 heterocycles. The van der Waals surface area contributed by atoms with E-state index in [1.165, 1.54) is 0 Å². The number of aromatic amines is 1. The number of likely N-dealkylation sites (tertiary alicyclic amines) is 1. The number of carboxylic acid groups (broad SMARTS) is 1. The quantitative estimate of drug-likeness (QED) is 0.822. The molecule has 1 aliphatic rings. The normalized spacial score (nSPS) is 21.4. The molecule has 2 N–H and O–H groups in total. The Morgan fingerprint density at radius 1 is 1.43 bits per heavy atom. The van der Waals surface area contributed by atoms with E-state index in [9.17, 15) is 14.7 Å². The number of rotatable bonds is 6. The van der Waals surface area contributed by atoms with Crippen LogP contribution in [0.25, 0.3) is 0 Å². The number of amides is 1. The third-order valence-electron chi connectivity index (χ3n) is 4.78. The van der Waals surface area contributed by atoms with Crippen molar-refractivity contribution in [1.82, 2.24) is 15.1 Å². The Morgan fingerprint density at radius 2 is 2.17 bits per heavy atom. The van der Waals surface area contributed by atoms with Crippen LogP contribution in [-0.2, 0) is 20.7 Å². The zero-order valence-corrected chi connectivity index (χ0v) is 14.0. The number of carbonyl (C=O) groups is 2. The Hall–Kier alpha value is -1.89. The maximum absolute atomic E-state index is 12.6. The van der Waals surface area contributed by atoms with Crippen LogP contribution >= 0.6 is 0 Å². The third-order valence-corrected chi connectivity index (χ3v) is 4.78. The molecule has 1 fully saturated rings. The van der Waals surface area contributed by atoms with Crippen LogP contribution in [-0.4, -0.2) is 58.9 Å². The van der Waals surface area contributed by atoms with E-state index in [4.69, 9.17) is 4.74 Å². The fourth-order valence-electron chi connectivity index (χ4n) is 3.23. The van der Waals surface area contributed by atoms with E-state index in [1.54, 1.807) is 12.0 Å². The fourth-order valence-corrected chi connectivity index (χ4v) is 3.23. The summed E-state index contributed by atoms with van der Waals surface area (Å²) in [6.45, 7) is 4.99. The molecule has 1 atom stereocenters. The van der Waals surface area contributed by atoms with Crippen LogP contribution in [0.4, 0.5) is 0 Å². The topological polar surface area (TPSA) is 95.5 Å². The average Bonchev–Trinajstić information content (AvgIpc) is 2.84. The highest BCUT2D eigenvalue weighted by atomic mass is 16.5. The van der Waals surface area contributed by atoms with E-state index in [-0.39, 0.29) is 18.9 Å². The minimum atomic E-state index is -0.898. The van der Waals surface area contributed by atoms with Gasteiger partial charge < -0.3 is 14.7 Å². The summed E-state index contributed by atoms with van der Waals surface area (Å²) < 4.78 is 5.05. The predicted octanol–water partition coefficient (Wildman–Crippen LogP) is 1.30. The number of hydrogen-bond donors (Lipinski definition) is 2. The average molecular weight is 323 g/mol. The first-order chi connectivity index (χ1) is 10.9. The highest BCUT2D eigenvalue weighted by Crippen LogP contribution is 2.34. The molecule has 1 aliphatic heterocycles. The van der Waals surface area contributed by atoms with Crippen molar-refractivity contribution in [3.8, 4) is 0 Å². The molecule has 128 valence electrons. The van der Waals surface area contributed by atoms with E-state index in [2.05, 4.69) is 10.2 Å². The van der Waals surface area contributed by atoms with Gasteiger partial charge in [0, 0.05) is 38.1 Å². The minimum absolute atomic E-state index is 0.0414. The van der Waals surface area contributed by atoms with Crippen LogP contribution in [0.15, 0.2) is 0 Å². The number of hydrogen-bond acceptors (Lipinski definition) is 4. The van der Waals surface area contributed by atoms with Crippen LogP contribution in [0.5, 0.6) is 0 Å². The van der Waals surface area contributed by atoms with Gasteiger partial charge in [-0.3, -0.25) is 14.7 Å². The van der Waals surface area contributed by atoms with Crippen molar-refractivity contribution in [2.75, 3.05) is 26.8 Å². The van der Waals surface area contributed by atoms with Crippen molar-refractivity contribution in [3.05, 3.63) is 17.0 Å². The lowest BCUT2D eigenvalue weighted by Crippen LogP contribution is -2.50. The van der Waals surface area contributed by atoms with Gasteiger partial charge in [0.15, 0.2) is 0 Å². The third kappa shape index (κ3) is 3.72. The van der Waals surface area contributed by atoms with Gasteiger partial charge in [0.1, 0.15) is 0 Å². The number of H-pyrrole nitrogens is 1. The number of carboxylic acids is 1. The molecule has 2 rings (SSSR count). The molecule has 0 spiro atoms. The van der Waals surface area contributed by atoms with E-state index in [1.807, 2.05) is 13.8 Å². The zero-order valence-electron chi connectivity index (χ0n) is 14.0. The summed E-state index contributed by atoms with van der Waals surface area (Å²) in [6.07, 6.45) is 1.96. The molecule has 7 nitrogen and oxygen atoms in total. The van der Waals surface area contributed by atoms with Gasteiger partial charge in [0.2, 0.25) is 5.91 Å². The smallest absolute Gasteiger partial charge is 0.311 e. The summed E-state index contributed by atoms with van der Waals surface area (Å²) in [4.78, 5) is 26.1. The van der Waals surface area contributed by atoms with Gasteiger partial charge in [0.25, 0.3) is 0 Å².